The van der Waals surface area contributed by atoms with Crippen molar-refractivity contribution < 1.29 is 14.3 Å². The first-order valence-corrected chi connectivity index (χ1v) is 7.21. The number of anilines is 1. The zero-order valence-corrected chi connectivity index (χ0v) is 12.5. The van der Waals surface area contributed by atoms with Gasteiger partial charge in [-0.15, -0.1) is 0 Å². The molecule has 0 radical (unpaired) electrons. The summed E-state index contributed by atoms with van der Waals surface area (Å²) in [7, 11) is 0. The first-order chi connectivity index (χ1) is 11.2. The minimum atomic E-state index is -0.570. The summed E-state index contributed by atoms with van der Waals surface area (Å²) in [6, 6.07) is 14.1. The molecule has 6 heteroatoms. The molecule has 1 aromatic carbocycles. The molecule has 0 atom stereocenters. The average molecular weight is 309 g/mol. The molecule has 3 rings (SSSR count). The number of nitrogens with zero attached hydrogens (tertiary/aromatic N) is 2. The third kappa shape index (κ3) is 2.91. The highest BCUT2D eigenvalue weighted by Gasteiger charge is 2.22. The lowest BCUT2D eigenvalue weighted by Crippen LogP contribution is -2.16. The van der Waals surface area contributed by atoms with Gasteiger partial charge in [0.15, 0.2) is 11.5 Å². The number of ether oxygens (including phenoxy) is 1. The van der Waals surface area contributed by atoms with Crippen molar-refractivity contribution >= 4 is 23.3 Å². The number of carbonyl (C=O) groups is 2. The lowest BCUT2D eigenvalue weighted by Gasteiger charge is -2.07. The van der Waals surface area contributed by atoms with Crippen molar-refractivity contribution in [2.75, 3.05) is 11.9 Å². The molecular formula is C17H15N3O3. The van der Waals surface area contributed by atoms with Crippen LogP contribution >= 0.6 is 0 Å². The molecule has 0 aliphatic heterocycles. The maximum atomic E-state index is 12.4. The van der Waals surface area contributed by atoms with E-state index in [1.54, 1.807) is 60.0 Å². The molecule has 0 bridgehead atoms. The third-order valence-electron chi connectivity index (χ3n) is 3.27. The highest BCUT2D eigenvalue weighted by Crippen LogP contribution is 2.20. The normalized spacial score (nSPS) is 10.5. The highest BCUT2D eigenvalue weighted by atomic mass is 16.5. The number of esters is 1. The first-order valence-electron chi connectivity index (χ1n) is 7.21. The number of fused-ring (bicyclic) bond motifs is 1. The zero-order valence-electron chi connectivity index (χ0n) is 12.5. The number of amides is 1. The van der Waals surface area contributed by atoms with Gasteiger partial charge in [0.2, 0.25) is 0 Å². The van der Waals surface area contributed by atoms with Crippen LogP contribution in [0, 0.1) is 0 Å². The van der Waals surface area contributed by atoms with Gasteiger partial charge in [-0.2, -0.15) is 0 Å². The van der Waals surface area contributed by atoms with Gasteiger partial charge in [0.1, 0.15) is 5.65 Å². The van der Waals surface area contributed by atoms with Gasteiger partial charge in [-0.1, -0.05) is 24.3 Å². The Morgan fingerprint density at radius 1 is 1.13 bits per heavy atom. The number of aromatic nitrogens is 2. The summed E-state index contributed by atoms with van der Waals surface area (Å²) >= 11 is 0. The topological polar surface area (TPSA) is 72.7 Å². The van der Waals surface area contributed by atoms with E-state index in [1.807, 2.05) is 6.07 Å². The quantitative estimate of drug-likeness (QED) is 0.752. The molecule has 1 N–H and O–H groups in total. The number of benzene rings is 1. The van der Waals surface area contributed by atoms with Gasteiger partial charge < -0.3 is 10.1 Å². The summed E-state index contributed by atoms with van der Waals surface area (Å²) in [5.74, 6) is -0.589. The summed E-state index contributed by atoms with van der Waals surface area (Å²) in [6.07, 6.45) is 1.73. The Morgan fingerprint density at radius 3 is 2.61 bits per heavy atom. The average Bonchev–Trinajstić information content (AvgIpc) is 2.95. The lowest BCUT2D eigenvalue weighted by molar-refractivity contribution is 0.0521. The van der Waals surface area contributed by atoms with Gasteiger partial charge in [-0.05, 0) is 31.2 Å². The molecular weight excluding hydrogens is 294 g/mol. The molecule has 116 valence electrons. The van der Waals surface area contributed by atoms with E-state index in [4.69, 9.17) is 4.74 Å². The van der Waals surface area contributed by atoms with Crippen LogP contribution in [0.1, 0.15) is 27.8 Å². The molecule has 1 amide bonds. The molecule has 23 heavy (non-hydrogen) atoms. The molecule has 0 unspecified atom stereocenters. The van der Waals surface area contributed by atoms with Crippen molar-refractivity contribution in [1.82, 2.24) is 9.38 Å². The fourth-order valence-corrected chi connectivity index (χ4v) is 2.23. The zero-order chi connectivity index (χ0) is 16.2. The van der Waals surface area contributed by atoms with Gasteiger partial charge in [0, 0.05) is 11.8 Å². The van der Waals surface area contributed by atoms with Gasteiger partial charge in [-0.25, -0.2) is 9.78 Å². The molecule has 2 heterocycles. The molecule has 0 saturated heterocycles. The van der Waals surface area contributed by atoms with Crippen molar-refractivity contribution in [3.8, 4) is 0 Å². The molecule has 0 fully saturated rings. The van der Waals surface area contributed by atoms with Crippen LogP contribution in [0.2, 0.25) is 0 Å². The Hall–Kier alpha value is -3.15. The van der Waals surface area contributed by atoms with E-state index in [1.165, 1.54) is 0 Å². The van der Waals surface area contributed by atoms with E-state index >= 15 is 0 Å². The number of hydrogen-bond acceptors (Lipinski definition) is 4. The standard InChI is InChI=1S/C17H15N3O3/c1-2-23-17(22)14-15(20-11-7-6-10-13(20)18-14)19-16(21)12-8-4-3-5-9-12/h3-11H,2H2,1H3,(H,19,21). The maximum Gasteiger partial charge on any atom is 0.360 e. The number of imidazole rings is 1. The van der Waals surface area contributed by atoms with Crippen molar-refractivity contribution in [2.24, 2.45) is 0 Å². The third-order valence-corrected chi connectivity index (χ3v) is 3.27. The van der Waals surface area contributed by atoms with Crippen LogP contribution in [0.25, 0.3) is 5.65 Å². The Morgan fingerprint density at radius 2 is 1.87 bits per heavy atom. The van der Waals surface area contributed by atoms with Crippen LogP contribution < -0.4 is 5.32 Å². The minimum Gasteiger partial charge on any atom is -0.461 e. The molecule has 0 aliphatic rings. The van der Waals surface area contributed by atoms with E-state index in [-0.39, 0.29) is 18.2 Å². The predicted molar refractivity (Wildman–Crippen MR) is 85.5 cm³/mol. The number of nitrogens with one attached hydrogen (secondary N) is 1. The highest BCUT2D eigenvalue weighted by molar-refractivity contribution is 6.07. The monoisotopic (exact) mass is 309 g/mol. The number of hydrogen-bond donors (Lipinski definition) is 1. The van der Waals surface area contributed by atoms with E-state index in [0.717, 1.165) is 0 Å². The maximum absolute atomic E-state index is 12.4. The van der Waals surface area contributed by atoms with Crippen LogP contribution in [-0.4, -0.2) is 27.9 Å². The van der Waals surface area contributed by atoms with E-state index in [2.05, 4.69) is 10.3 Å². The Kier molecular flexibility index (Phi) is 4.05. The van der Waals surface area contributed by atoms with Crippen LogP contribution in [0.3, 0.4) is 0 Å². The first kappa shape index (κ1) is 14.8. The predicted octanol–water partition coefficient (Wildman–Crippen LogP) is 2.76. The SMILES string of the molecule is CCOC(=O)c1nc2ccccn2c1NC(=O)c1ccccc1. The van der Waals surface area contributed by atoms with Crippen LogP contribution in [0.15, 0.2) is 54.7 Å². The van der Waals surface area contributed by atoms with Gasteiger partial charge in [0.25, 0.3) is 5.91 Å². The number of rotatable bonds is 4. The van der Waals surface area contributed by atoms with Gasteiger partial charge >= 0.3 is 5.97 Å². The minimum absolute atomic E-state index is 0.0855. The van der Waals surface area contributed by atoms with Crippen molar-refractivity contribution in [3.05, 3.63) is 66.0 Å². The fraction of sp³-hybridized carbons (Fsp3) is 0.118. The molecule has 0 saturated carbocycles. The molecule has 6 nitrogen and oxygen atoms in total. The molecule has 2 aromatic heterocycles. The summed E-state index contributed by atoms with van der Waals surface area (Å²) in [4.78, 5) is 28.7. The van der Waals surface area contributed by atoms with Crippen molar-refractivity contribution in [1.29, 1.82) is 0 Å². The molecule has 3 aromatic rings. The Labute approximate surface area is 132 Å². The second-order valence-corrected chi connectivity index (χ2v) is 4.78. The van der Waals surface area contributed by atoms with Crippen LogP contribution in [0.5, 0.6) is 0 Å². The fourth-order valence-electron chi connectivity index (χ4n) is 2.23. The molecule has 0 spiro atoms. The smallest absolute Gasteiger partial charge is 0.360 e. The largest absolute Gasteiger partial charge is 0.461 e. The second-order valence-electron chi connectivity index (χ2n) is 4.78. The number of pyridine rings is 1. The summed E-state index contributed by atoms with van der Waals surface area (Å²) in [5.41, 5.74) is 1.13. The van der Waals surface area contributed by atoms with Gasteiger partial charge in [0.05, 0.1) is 6.61 Å². The summed E-state index contributed by atoms with van der Waals surface area (Å²) in [5, 5.41) is 2.75. The summed E-state index contributed by atoms with van der Waals surface area (Å²) in [6.45, 7) is 1.95. The second kappa shape index (κ2) is 6.31. The Balaban J connectivity index is 2.02. The van der Waals surface area contributed by atoms with Crippen molar-refractivity contribution in [3.63, 3.8) is 0 Å². The number of carbonyl (C=O) groups excluding carboxylic acids is 2. The van der Waals surface area contributed by atoms with E-state index in [9.17, 15) is 9.59 Å². The Bertz CT molecular complexity index is 856. The van der Waals surface area contributed by atoms with E-state index < -0.39 is 5.97 Å². The van der Waals surface area contributed by atoms with Crippen LogP contribution in [0.4, 0.5) is 5.82 Å². The van der Waals surface area contributed by atoms with E-state index in [0.29, 0.717) is 17.0 Å². The molecule has 0 aliphatic carbocycles. The van der Waals surface area contributed by atoms with Crippen molar-refractivity contribution in [2.45, 2.75) is 6.92 Å². The van der Waals surface area contributed by atoms with Gasteiger partial charge in [-0.3, -0.25) is 9.20 Å². The lowest BCUT2D eigenvalue weighted by atomic mass is 10.2. The summed E-state index contributed by atoms with van der Waals surface area (Å²) < 4.78 is 6.67. The van der Waals surface area contributed by atoms with Crippen LogP contribution in [-0.2, 0) is 4.74 Å².